The molecule has 1 atom stereocenters. The Morgan fingerprint density at radius 3 is 2.30 bits per heavy atom. The number of hydrogen-bond donors (Lipinski definition) is 2. The van der Waals surface area contributed by atoms with Gasteiger partial charge < -0.3 is 25.2 Å². The summed E-state index contributed by atoms with van der Waals surface area (Å²) in [6.07, 6.45) is 1.57. The summed E-state index contributed by atoms with van der Waals surface area (Å²) < 4.78 is 5.42. The summed E-state index contributed by atoms with van der Waals surface area (Å²) in [6.45, 7) is 6.34. The van der Waals surface area contributed by atoms with Gasteiger partial charge in [-0.05, 0) is 67.5 Å². The van der Waals surface area contributed by atoms with Crippen molar-refractivity contribution in [3.05, 3.63) is 54.1 Å². The largest absolute Gasteiger partial charge is 0.378 e. The van der Waals surface area contributed by atoms with Gasteiger partial charge in [0, 0.05) is 43.1 Å². The van der Waals surface area contributed by atoms with Crippen LogP contribution in [-0.2, 0) is 9.53 Å². The molecule has 0 spiro atoms. The van der Waals surface area contributed by atoms with E-state index in [1.807, 2.05) is 29.2 Å². The van der Waals surface area contributed by atoms with Crippen LogP contribution in [0.25, 0.3) is 0 Å². The highest BCUT2D eigenvalue weighted by atomic mass is 32.1. The van der Waals surface area contributed by atoms with Crippen molar-refractivity contribution in [3.63, 3.8) is 0 Å². The van der Waals surface area contributed by atoms with Crippen molar-refractivity contribution in [3.8, 4) is 0 Å². The number of thiocarbonyl (C=S) groups is 1. The number of benzene rings is 2. The van der Waals surface area contributed by atoms with Gasteiger partial charge in [0.2, 0.25) is 5.91 Å². The van der Waals surface area contributed by atoms with Gasteiger partial charge >= 0.3 is 0 Å². The van der Waals surface area contributed by atoms with Gasteiger partial charge in [0.1, 0.15) is 0 Å². The zero-order chi connectivity index (χ0) is 20.9. The maximum Gasteiger partial charge on any atom is 0.227 e. The van der Waals surface area contributed by atoms with E-state index >= 15 is 0 Å². The first kappa shape index (κ1) is 20.6. The third-order valence-corrected chi connectivity index (χ3v) is 5.85. The Hall–Kier alpha value is -2.64. The Balaban J connectivity index is 1.30. The molecule has 158 valence electrons. The van der Waals surface area contributed by atoms with E-state index in [1.54, 1.807) is 0 Å². The van der Waals surface area contributed by atoms with E-state index < -0.39 is 0 Å². The van der Waals surface area contributed by atoms with Gasteiger partial charge in [0.05, 0.1) is 19.3 Å². The zero-order valence-corrected chi connectivity index (χ0v) is 18.1. The van der Waals surface area contributed by atoms with Crippen LogP contribution in [0.15, 0.2) is 48.5 Å². The lowest BCUT2D eigenvalue weighted by atomic mass is 10.1. The molecule has 0 bridgehead atoms. The number of rotatable bonds is 5. The molecule has 2 fully saturated rings. The molecule has 2 aliphatic heterocycles. The average molecular weight is 425 g/mol. The van der Waals surface area contributed by atoms with Gasteiger partial charge in [-0.15, -0.1) is 0 Å². The van der Waals surface area contributed by atoms with Crippen molar-refractivity contribution < 1.29 is 9.53 Å². The number of anilines is 3. The minimum Gasteiger partial charge on any atom is -0.378 e. The molecular weight excluding hydrogens is 396 g/mol. The Kier molecular flexibility index (Phi) is 6.50. The normalized spacial score (nSPS) is 17.7. The van der Waals surface area contributed by atoms with E-state index in [1.165, 1.54) is 11.3 Å². The molecule has 2 aromatic carbocycles. The van der Waals surface area contributed by atoms with Crippen LogP contribution in [0.5, 0.6) is 0 Å². The predicted molar refractivity (Wildman–Crippen MR) is 125 cm³/mol. The van der Waals surface area contributed by atoms with Crippen LogP contribution in [0.1, 0.15) is 31.4 Å². The first-order valence-electron chi connectivity index (χ1n) is 10.5. The van der Waals surface area contributed by atoms with Gasteiger partial charge in [-0.1, -0.05) is 12.1 Å². The van der Waals surface area contributed by atoms with Crippen LogP contribution >= 0.6 is 12.2 Å². The van der Waals surface area contributed by atoms with Crippen LogP contribution in [0.4, 0.5) is 17.1 Å². The lowest BCUT2D eigenvalue weighted by Crippen LogP contribution is -2.36. The molecule has 4 rings (SSSR count). The molecule has 1 unspecified atom stereocenters. The predicted octanol–water partition coefficient (Wildman–Crippen LogP) is 3.70. The molecule has 2 N–H and O–H groups in total. The minimum absolute atomic E-state index is 0.0882. The second-order valence-corrected chi connectivity index (χ2v) is 8.12. The monoisotopic (exact) mass is 424 g/mol. The number of carbonyl (C=O) groups excluding carboxylic acids is 1. The lowest BCUT2D eigenvalue weighted by molar-refractivity contribution is -0.117. The number of nitrogens with zero attached hydrogens (tertiary/aromatic N) is 2. The van der Waals surface area contributed by atoms with Crippen molar-refractivity contribution in [1.82, 2.24) is 5.32 Å². The maximum absolute atomic E-state index is 11.9. The summed E-state index contributed by atoms with van der Waals surface area (Å²) in [5.74, 6) is 0.196. The van der Waals surface area contributed by atoms with Gasteiger partial charge in [-0.2, -0.15) is 0 Å². The first-order chi connectivity index (χ1) is 14.6. The van der Waals surface area contributed by atoms with E-state index in [4.69, 9.17) is 17.0 Å². The summed E-state index contributed by atoms with van der Waals surface area (Å²) in [6, 6.07) is 16.5. The average Bonchev–Trinajstić information content (AvgIpc) is 3.21. The Morgan fingerprint density at radius 1 is 1.00 bits per heavy atom. The number of ether oxygens (including phenoxy) is 1. The molecule has 2 saturated heterocycles. The fraction of sp³-hybridized carbons (Fsp3) is 0.391. The number of morpholine rings is 1. The summed E-state index contributed by atoms with van der Waals surface area (Å²) in [7, 11) is 0. The van der Waals surface area contributed by atoms with Crippen LogP contribution in [-0.4, -0.2) is 43.9 Å². The van der Waals surface area contributed by atoms with Crippen LogP contribution in [0.2, 0.25) is 0 Å². The van der Waals surface area contributed by atoms with Crippen molar-refractivity contribution in [2.75, 3.05) is 48.0 Å². The summed E-state index contributed by atoms with van der Waals surface area (Å²) in [4.78, 5) is 16.1. The quantitative estimate of drug-likeness (QED) is 0.714. The highest BCUT2D eigenvalue weighted by Crippen LogP contribution is 2.23. The molecule has 7 heteroatoms. The molecule has 0 aromatic heterocycles. The van der Waals surface area contributed by atoms with Crippen molar-refractivity contribution in [2.24, 2.45) is 0 Å². The summed E-state index contributed by atoms with van der Waals surface area (Å²) >= 11 is 5.49. The second kappa shape index (κ2) is 9.45. The van der Waals surface area contributed by atoms with Gasteiger partial charge in [-0.3, -0.25) is 4.79 Å². The molecule has 2 heterocycles. The highest BCUT2D eigenvalue weighted by Gasteiger charge is 2.21. The fourth-order valence-corrected chi connectivity index (χ4v) is 4.18. The number of amides is 1. The molecule has 0 radical (unpaired) electrons. The third kappa shape index (κ3) is 4.91. The van der Waals surface area contributed by atoms with E-state index in [2.05, 4.69) is 46.7 Å². The van der Waals surface area contributed by atoms with Crippen LogP contribution in [0.3, 0.4) is 0 Å². The van der Waals surface area contributed by atoms with Gasteiger partial charge in [0.25, 0.3) is 0 Å². The van der Waals surface area contributed by atoms with Crippen molar-refractivity contribution in [2.45, 2.75) is 25.8 Å². The SMILES string of the molecule is CC(NC(=S)Nc1ccc(N2CCCC2=O)cc1)c1ccc(N2CCOCC2)cc1. The van der Waals surface area contributed by atoms with Crippen molar-refractivity contribution in [1.29, 1.82) is 0 Å². The van der Waals surface area contributed by atoms with Gasteiger partial charge in [-0.25, -0.2) is 0 Å². The molecule has 0 aliphatic carbocycles. The molecule has 30 heavy (non-hydrogen) atoms. The molecule has 2 aromatic rings. The zero-order valence-electron chi connectivity index (χ0n) is 17.3. The van der Waals surface area contributed by atoms with Crippen molar-refractivity contribution >= 4 is 40.3 Å². The highest BCUT2D eigenvalue weighted by molar-refractivity contribution is 7.80. The molecule has 6 nitrogen and oxygen atoms in total. The minimum atomic E-state index is 0.0882. The molecule has 0 saturated carbocycles. The van der Waals surface area contributed by atoms with Crippen LogP contribution < -0.4 is 20.4 Å². The van der Waals surface area contributed by atoms with Crippen LogP contribution in [0, 0.1) is 0 Å². The van der Waals surface area contributed by atoms with E-state index in [0.717, 1.165) is 50.6 Å². The number of hydrogen-bond acceptors (Lipinski definition) is 4. The number of carbonyl (C=O) groups is 1. The standard InChI is InChI=1S/C23H28N4O2S/c1-17(18-4-8-20(9-5-18)26-13-15-29-16-14-26)24-23(30)25-19-6-10-21(11-7-19)27-12-2-3-22(27)28/h4-11,17H,2-3,12-16H2,1H3,(H2,24,25,30). The fourth-order valence-electron chi connectivity index (χ4n) is 3.89. The molecule has 1 amide bonds. The van der Waals surface area contributed by atoms with E-state index in [0.29, 0.717) is 11.5 Å². The van der Waals surface area contributed by atoms with E-state index in [-0.39, 0.29) is 11.9 Å². The second-order valence-electron chi connectivity index (χ2n) is 7.71. The lowest BCUT2D eigenvalue weighted by Gasteiger charge is -2.29. The third-order valence-electron chi connectivity index (χ3n) is 5.63. The topological polar surface area (TPSA) is 56.8 Å². The maximum atomic E-state index is 11.9. The summed E-state index contributed by atoms with van der Waals surface area (Å²) in [5, 5.41) is 7.15. The Labute approximate surface area is 183 Å². The first-order valence-corrected chi connectivity index (χ1v) is 10.9. The molecule has 2 aliphatic rings. The number of nitrogens with one attached hydrogen (secondary N) is 2. The molecular formula is C23H28N4O2S. The Morgan fingerprint density at radius 2 is 1.67 bits per heavy atom. The van der Waals surface area contributed by atoms with Gasteiger partial charge in [0.15, 0.2) is 5.11 Å². The van der Waals surface area contributed by atoms with E-state index in [9.17, 15) is 4.79 Å². The summed E-state index contributed by atoms with van der Waals surface area (Å²) in [5.41, 5.74) is 4.25. The Bertz CT molecular complexity index is 879. The smallest absolute Gasteiger partial charge is 0.227 e.